The van der Waals surface area contributed by atoms with Gasteiger partial charge in [0.25, 0.3) is 23.6 Å². The van der Waals surface area contributed by atoms with Crippen LogP contribution in [-0.2, 0) is 25.6 Å². The van der Waals surface area contributed by atoms with Crippen LogP contribution in [-0.4, -0.2) is 66.4 Å². The lowest BCUT2D eigenvalue weighted by Crippen LogP contribution is -2.32. The van der Waals surface area contributed by atoms with E-state index in [-0.39, 0.29) is 67.0 Å². The molecule has 5 aromatic rings. The van der Waals surface area contributed by atoms with E-state index in [9.17, 15) is 28.8 Å². The number of alkyl halides is 3. The maximum Gasteiger partial charge on any atom is 0.258 e. The van der Waals surface area contributed by atoms with E-state index in [4.69, 9.17) is 67.5 Å². The van der Waals surface area contributed by atoms with Gasteiger partial charge in [0.2, 0.25) is 12.1 Å². The summed E-state index contributed by atoms with van der Waals surface area (Å²) in [5.41, 5.74) is 3.64. The standard InChI is InChI=1S/C50H49Cl5N8O8/c1-7-70-42-20-31(26(3)52)16-38(24-42)57-47(66)33-13-35(54)22-40(18-33)60-62-45(28(5)64)49(68)56-37-9-10-44(30(15-37)11-12-51)59-50(69)46(29(6)65)63-61-41-19-34(14-36(55)23-41)48(67)58-39-17-32(27(4)53)21-43(25-39)71-8-2/h9-10,13-27,45-46H,7-8,11-12H2,1-6H3,(H,56,68)(H,57,66)(H,58,67)(H,59,69). The normalized spacial score (nSPS) is 12.9. The molecule has 372 valence electrons. The molecular weight excluding hydrogens is 1020 g/mol. The number of hydrogen-bond donors (Lipinski definition) is 4. The lowest BCUT2D eigenvalue weighted by Gasteiger charge is -2.15. The van der Waals surface area contributed by atoms with Gasteiger partial charge in [0.15, 0.2) is 11.6 Å². The Morgan fingerprint density at radius 2 is 1.01 bits per heavy atom. The van der Waals surface area contributed by atoms with Crippen molar-refractivity contribution in [2.75, 3.05) is 40.4 Å². The summed E-state index contributed by atoms with van der Waals surface area (Å²) < 4.78 is 11.2. The number of Topliss-reactive ketones (excluding diaryl/α,β-unsaturated/α-hetero) is 2. The van der Waals surface area contributed by atoms with Crippen LogP contribution in [0.5, 0.6) is 11.5 Å². The van der Waals surface area contributed by atoms with Gasteiger partial charge in [-0.3, -0.25) is 28.8 Å². The minimum Gasteiger partial charge on any atom is -0.494 e. The molecule has 0 spiro atoms. The molecule has 0 aromatic heterocycles. The molecule has 0 saturated carbocycles. The summed E-state index contributed by atoms with van der Waals surface area (Å²) in [5, 5.41) is 26.7. The fourth-order valence-corrected chi connectivity index (χ4v) is 7.59. The molecule has 16 nitrogen and oxygen atoms in total. The van der Waals surface area contributed by atoms with Crippen LogP contribution in [0.1, 0.15) is 89.7 Å². The second-order valence-corrected chi connectivity index (χ2v) is 18.3. The highest BCUT2D eigenvalue weighted by Crippen LogP contribution is 2.32. The van der Waals surface area contributed by atoms with Crippen LogP contribution in [0, 0.1) is 0 Å². The Kier molecular flexibility index (Phi) is 20.4. The van der Waals surface area contributed by atoms with Gasteiger partial charge in [-0.25, -0.2) is 0 Å². The molecule has 0 aliphatic carbocycles. The number of hydrogen-bond acceptors (Lipinski definition) is 12. The number of anilines is 4. The molecule has 5 rings (SSSR count). The van der Waals surface area contributed by atoms with E-state index >= 15 is 0 Å². The van der Waals surface area contributed by atoms with Crippen LogP contribution in [0.15, 0.2) is 111 Å². The smallest absolute Gasteiger partial charge is 0.258 e. The number of nitrogens with one attached hydrogen (secondary N) is 4. The first-order valence-electron chi connectivity index (χ1n) is 22.0. The molecule has 4 amide bonds. The van der Waals surface area contributed by atoms with Crippen LogP contribution in [0.3, 0.4) is 0 Å². The number of carbonyl (C=O) groups excluding carboxylic acids is 6. The van der Waals surface area contributed by atoms with E-state index in [1.807, 2.05) is 13.8 Å². The topological polar surface area (TPSA) is 218 Å². The highest BCUT2D eigenvalue weighted by atomic mass is 35.5. The molecule has 0 fully saturated rings. The third kappa shape index (κ3) is 16.3. The maximum atomic E-state index is 13.6. The Bertz CT molecular complexity index is 2880. The Balaban J connectivity index is 1.28. The number of halogens is 5. The zero-order valence-corrected chi connectivity index (χ0v) is 43.0. The number of benzene rings is 5. The van der Waals surface area contributed by atoms with Gasteiger partial charge in [0, 0.05) is 61.9 Å². The molecule has 0 radical (unpaired) electrons. The van der Waals surface area contributed by atoms with E-state index in [0.29, 0.717) is 41.7 Å². The largest absolute Gasteiger partial charge is 0.494 e. The third-order valence-electron chi connectivity index (χ3n) is 10.0. The van der Waals surface area contributed by atoms with Gasteiger partial charge in [-0.05, 0) is 144 Å². The van der Waals surface area contributed by atoms with Crippen molar-refractivity contribution in [2.24, 2.45) is 20.5 Å². The summed E-state index contributed by atoms with van der Waals surface area (Å²) in [4.78, 5) is 79.2. The van der Waals surface area contributed by atoms with Gasteiger partial charge in [-0.2, -0.15) is 20.5 Å². The molecule has 0 aliphatic heterocycles. The van der Waals surface area contributed by atoms with Gasteiger partial charge in [0.1, 0.15) is 11.5 Å². The molecule has 21 heteroatoms. The first-order chi connectivity index (χ1) is 33.8. The number of nitrogens with zero attached hydrogens (tertiary/aromatic N) is 4. The lowest BCUT2D eigenvalue weighted by atomic mass is 10.1. The summed E-state index contributed by atoms with van der Waals surface area (Å²) in [5.74, 6) is -2.89. The molecule has 0 saturated heterocycles. The SMILES string of the molecule is CCOc1cc(NC(=O)c2cc(Cl)cc(N=NC(C(C)=O)C(=O)Nc3ccc(NC(=O)C(N=Nc4cc(Cl)cc(C(=O)Nc5cc(OCC)cc(C(C)Cl)c5)c4)C(C)=O)c(CCCl)c3)c2)cc(C(C)Cl)c1. The second-order valence-electron chi connectivity index (χ2n) is 15.7. The number of ether oxygens (including phenoxy) is 2. The first kappa shape index (κ1) is 55.5. The lowest BCUT2D eigenvalue weighted by molar-refractivity contribution is -0.127. The molecule has 5 aromatic carbocycles. The Labute approximate surface area is 435 Å². The molecule has 0 heterocycles. The van der Waals surface area contributed by atoms with Crippen molar-refractivity contribution < 1.29 is 38.2 Å². The van der Waals surface area contributed by atoms with Crippen molar-refractivity contribution in [3.05, 3.63) is 129 Å². The summed E-state index contributed by atoms with van der Waals surface area (Å²) in [7, 11) is 0. The second kappa shape index (κ2) is 26.1. The van der Waals surface area contributed by atoms with Crippen LogP contribution >= 0.6 is 58.0 Å². The summed E-state index contributed by atoms with van der Waals surface area (Å²) in [6.45, 7) is 10.4. The monoisotopic (exact) mass is 1060 g/mol. The van der Waals surface area contributed by atoms with Gasteiger partial charge >= 0.3 is 0 Å². The molecule has 4 N–H and O–H groups in total. The van der Waals surface area contributed by atoms with Crippen LogP contribution in [0.25, 0.3) is 0 Å². The van der Waals surface area contributed by atoms with Crippen LogP contribution in [0.2, 0.25) is 10.0 Å². The fourth-order valence-electron chi connectivity index (χ4n) is 6.68. The molecular formula is C50H49Cl5N8O8. The van der Waals surface area contributed by atoms with Gasteiger partial charge in [-0.15, -0.1) is 34.8 Å². The number of amides is 4. The minimum atomic E-state index is -1.62. The van der Waals surface area contributed by atoms with E-state index in [0.717, 1.165) is 18.1 Å². The van der Waals surface area contributed by atoms with E-state index < -0.39 is 47.3 Å². The van der Waals surface area contributed by atoms with Crippen LogP contribution in [0.4, 0.5) is 34.1 Å². The molecule has 0 bridgehead atoms. The summed E-state index contributed by atoms with van der Waals surface area (Å²) in [6.07, 6.45) is 0.202. The Hall–Kier alpha value is -6.43. The molecule has 4 atom stereocenters. The zero-order valence-electron chi connectivity index (χ0n) is 39.2. The quantitative estimate of drug-likeness (QED) is 0.0296. The highest BCUT2D eigenvalue weighted by Gasteiger charge is 2.26. The first-order valence-corrected chi connectivity index (χ1v) is 24.1. The zero-order chi connectivity index (χ0) is 51.9. The highest BCUT2D eigenvalue weighted by molar-refractivity contribution is 6.32. The van der Waals surface area contributed by atoms with Crippen molar-refractivity contribution in [3.63, 3.8) is 0 Å². The van der Waals surface area contributed by atoms with Gasteiger partial charge < -0.3 is 30.7 Å². The number of carbonyl (C=O) groups is 6. The predicted octanol–water partition coefficient (Wildman–Crippen LogP) is 13.0. The Morgan fingerprint density at radius 3 is 1.42 bits per heavy atom. The number of aryl methyl sites for hydroxylation is 1. The number of ketones is 2. The average Bonchev–Trinajstić information content (AvgIpc) is 3.29. The van der Waals surface area contributed by atoms with E-state index in [1.54, 1.807) is 50.2 Å². The molecule has 0 aliphatic rings. The van der Waals surface area contributed by atoms with E-state index in [2.05, 4.69) is 41.7 Å². The average molecular weight is 1070 g/mol. The van der Waals surface area contributed by atoms with Crippen molar-refractivity contribution in [1.29, 1.82) is 0 Å². The van der Waals surface area contributed by atoms with Crippen molar-refractivity contribution in [3.8, 4) is 11.5 Å². The third-order valence-corrected chi connectivity index (χ3v) is 11.2. The number of azo groups is 2. The van der Waals surface area contributed by atoms with Crippen molar-refractivity contribution >= 4 is 127 Å². The Morgan fingerprint density at radius 1 is 0.563 bits per heavy atom. The minimum absolute atomic E-state index is 0.0863. The maximum absolute atomic E-state index is 13.6. The fraction of sp³-hybridized carbons (Fsp3) is 0.280. The molecule has 71 heavy (non-hydrogen) atoms. The van der Waals surface area contributed by atoms with Crippen LogP contribution < -0.4 is 30.7 Å². The van der Waals surface area contributed by atoms with Gasteiger partial charge in [0.05, 0.1) is 35.3 Å². The number of rotatable bonds is 22. The summed E-state index contributed by atoms with van der Waals surface area (Å²) >= 11 is 31.4. The van der Waals surface area contributed by atoms with Gasteiger partial charge in [-0.1, -0.05) is 23.2 Å². The van der Waals surface area contributed by atoms with Crippen molar-refractivity contribution in [2.45, 2.75) is 70.8 Å². The predicted molar refractivity (Wildman–Crippen MR) is 279 cm³/mol. The summed E-state index contributed by atoms with van der Waals surface area (Å²) in [6, 6.07) is 19.9. The van der Waals surface area contributed by atoms with E-state index in [1.165, 1.54) is 61.5 Å². The van der Waals surface area contributed by atoms with Crippen molar-refractivity contribution in [1.82, 2.24) is 0 Å². The molecule has 4 unspecified atom stereocenters.